The summed E-state index contributed by atoms with van der Waals surface area (Å²) in [6.45, 7) is 4.59. The first-order chi connectivity index (χ1) is 7.99. The van der Waals surface area contributed by atoms with E-state index in [0.717, 1.165) is 0 Å². The fraction of sp³-hybridized carbons (Fsp3) is 0.545. The predicted molar refractivity (Wildman–Crippen MR) is 63.0 cm³/mol. The van der Waals surface area contributed by atoms with Gasteiger partial charge in [0, 0.05) is 19.0 Å². The van der Waals surface area contributed by atoms with Crippen LogP contribution in [0.2, 0.25) is 5.02 Å². The van der Waals surface area contributed by atoms with Gasteiger partial charge >= 0.3 is 0 Å². The standard InChI is InChI=1S/C11H14ClN3O2/c1-6(2)10-13-3-8(12)9(14-10)11(17)15-4-7(16)5-15/h3,6-7,16H,4-5H2,1-2H3. The summed E-state index contributed by atoms with van der Waals surface area (Å²) < 4.78 is 0. The van der Waals surface area contributed by atoms with Crippen molar-refractivity contribution in [3.8, 4) is 0 Å². The molecule has 1 saturated heterocycles. The van der Waals surface area contributed by atoms with Gasteiger partial charge in [-0.15, -0.1) is 0 Å². The van der Waals surface area contributed by atoms with Gasteiger partial charge in [0.1, 0.15) is 5.82 Å². The number of rotatable bonds is 2. The van der Waals surface area contributed by atoms with E-state index < -0.39 is 6.10 Å². The Morgan fingerprint density at radius 1 is 1.59 bits per heavy atom. The Hall–Kier alpha value is -1.20. The lowest BCUT2D eigenvalue weighted by Crippen LogP contribution is -2.53. The van der Waals surface area contributed by atoms with Crippen LogP contribution in [-0.4, -0.2) is 45.1 Å². The molecule has 0 spiro atoms. The van der Waals surface area contributed by atoms with Gasteiger partial charge in [-0.05, 0) is 0 Å². The molecule has 0 aromatic carbocycles. The van der Waals surface area contributed by atoms with Crippen molar-refractivity contribution in [2.24, 2.45) is 0 Å². The number of aliphatic hydroxyl groups excluding tert-OH is 1. The number of halogens is 1. The zero-order valence-corrected chi connectivity index (χ0v) is 10.5. The lowest BCUT2D eigenvalue weighted by molar-refractivity contribution is 0.00548. The molecule has 0 bridgehead atoms. The summed E-state index contributed by atoms with van der Waals surface area (Å²) in [6.07, 6.45) is 1.02. The van der Waals surface area contributed by atoms with Gasteiger partial charge in [-0.2, -0.15) is 0 Å². The molecule has 1 N–H and O–H groups in total. The van der Waals surface area contributed by atoms with Crippen LogP contribution >= 0.6 is 11.6 Å². The van der Waals surface area contributed by atoms with Crippen LogP contribution in [0, 0.1) is 0 Å². The average Bonchev–Trinajstić information content (AvgIpc) is 2.24. The highest BCUT2D eigenvalue weighted by Gasteiger charge is 2.31. The van der Waals surface area contributed by atoms with E-state index in [1.54, 1.807) is 0 Å². The molecule has 1 aromatic rings. The summed E-state index contributed by atoms with van der Waals surface area (Å²) in [5.74, 6) is 0.490. The Morgan fingerprint density at radius 3 is 2.76 bits per heavy atom. The fourth-order valence-electron chi connectivity index (χ4n) is 1.58. The molecular formula is C11H14ClN3O2. The molecule has 92 valence electrons. The summed E-state index contributed by atoms with van der Waals surface area (Å²) in [6, 6.07) is 0. The van der Waals surface area contributed by atoms with Crippen LogP contribution in [0.1, 0.15) is 36.1 Å². The molecule has 0 unspecified atom stereocenters. The summed E-state index contributed by atoms with van der Waals surface area (Å²) in [4.78, 5) is 21.8. The second kappa shape index (κ2) is 4.58. The molecule has 1 fully saturated rings. The van der Waals surface area contributed by atoms with Crippen LogP contribution in [0.15, 0.2) is 6.20 Å². The van der Waals surface area contributed by atoms with E-state index in [4.69, 9.17) is 16.7 Å². The lowest BCUT2D eigenvalue weighted by atomic mass is 10.1. The normalized spacial score (nSPS) is 16.2. The molecule has 5 nitrogen and oxygen atoms in total. The van der Waals surface area contributed by atoms with Crippen LogP contribution < -0.4 is 0 Å². The first kappa shape index (κ1) is 12.3. The highest BCUT2D eigenvalue weighted by atomic mass is 35.5. The monoisotopic (exact) mass is 255 g/mol. The minimum absolute atomic E-state index is 0.140. The highest BCUT2D eigenvalue weighted by molar-refractivity contribution is 6.33. The quantitative estimate of drug-likeness (QED) is 0.859. The number of carbonyl (C=O) groups excluding carboxylic acids is 1. The van der Waals surface area contributed by atoms with Crippen molar-refractivity contribution in [2.45, 2.75) is 25.9 Å². The third-order valence-electron chi connectivity index (χ3n) is 2.63. The predicted octanol–water partition coefficient (Wildman–Crippen LogP) is 1.07. The number of hydrogen-bond acceptors (Lipinski definition) is 4. The first-order valence-electron chi connectivity index (χ1n) is 5.48. The summed E-state index contributed by atoms with van der Waals surface area (Å²) in [5.41, 5.74) is 0.220. The Morgan fingerprint density at radius 2 is 2.24 bits per heavy atom. The van der Waals surface area contributed by atoms with E-state index in [9.17, 15) is 4.79 Å². The minimum atomic E-state index is -0.427. The van der Waals surface area contributed by atoms with Gasteiger partial charge in [0.2, 0.25) is 0 Å². The maximum Gasteiger partial charge on any atom is 0.274 e. The smallest absolute Gasteiger partial charge is 0.274 e. The van der Waals surface area contributed by atoms with Crippen LogP contribution in [0.25, 0.3) is 0 Å². The number of β-amino-alcohol motifs (C(OH)–C–C–N with tert-alkyl or cyclic N) is 1. The number of amides is 1. The Kier molecular flexibility index (Phi) is 3.31. The topological polar surface area (TPSA) is 66.3 Å². The van der Waals surface area contributed by atoms with Gasteiger partial charge in [0.25, 0.3) is 5.91 Å². The molecule has 6 heteroatoms. The van der Waals surface area contributed by atoms with Crippen LogP contribution in [0.3, 0.4) is 0 Å². The van der Waals surface area contributed by atoms with Gasteiger partial charge < -0.3 is 10.0 Å². The lowest BCUT2D eigenvalue weighted by Gasteiger charge is -2.35. The van der Waals surface area contributed by atoms with E-state index in [1.807, 2.05) is 13.8 Å². The molecule has 17 heavy (non-hydrogen) atoms. The molecule has 0 saturated carbocycles. The molecule has 0 aliphatic carbocycles. The largest absolute Gasteiger partial charge is 0.389 e. The van der Waals surface area contributed by atoms with Crippen molar-refractivity contribution in [3.63, 3.8) is 0 Å². The zero-order chi connectivity index (χ0) is 12.6. The minimum Gasteiger partial charge on any atom is -0.389 e. The van der Waals surface area contributed by atoms with Gasteiger partial charge in [0.05, 0.1) is 17.3 Å². The van der Waals surface area contributed by atoms with Crippen LogP contribution in [-0.2, 0) is 0 Å². The molecule has 1 amide bonds. The number of aliphatic hydroxyl groups is 1. The van der Waals surface area contributed by atoms with Crippen LogP contribution in [0.5, 0.6) is 0 Å². The second-order valence-corrected chi connectivity index (χ2v) is 4.85. The third kappa shape index (κ3) is 2.40. The number of likely N-dealkylation sites (tertiary alicyclic amines) is 1. The van der Waals surface area contributed by atoms with Crippen molar-refractivity contribution in [3.05, 3.63) is 22.7 Å². The molecule has 0 atom stereocenters. The van der Waals surface area contributed by atoms with E-state index in [1.165, 1.54) is 11.1 Å². The Labute approximate surface area is 104 Å². The van der Waals surface area contributed by atoms with Gasteiger partial charge in [-0.3, -0.25) is 4.79 Å². The van der Waals surface area contributed by atoms with Gasteiger partial charge in [-0.1, -0.05) is 25.4 Å². The van der Waals surface area contributed by atoms with Crippen molar-refractivity contribution < 1.29 is 9.90 Å². The first-order valence-corrected chi connectivity index (χ1v) is 5.86. The highest BCUT2D eigenvalue weighted by Crippen LogP contribution is 2.20. The summed E-state index contributed by atoms with van der Waals surface area (Å²) in [7, 11) is 0. The summed E-state index contributed by atoms with van der Waals surface area (Å²) >= 11 is 5.92. The maximum absolute atomic E-state index is 12.0. The fourth-order valence-corrected chi connectivity index (χ4v) is 1.75. The third-order valence-corrected chi connectivity index (χ3v) is 2.91. The molecule has 0 radical (unpaired) electrons. The Balaban J connectivity index is 2.24. The molecule has 1 aliphatic heterocycles. The van der Waals surface area contributed by atoms with Crippen molar-refractivity contribution in [2.75, 3.05) is 13.1 Å². The molecule has 2 heterocycles. The van der Waals surface area contributed by atoms with Gasteiger partial charge in [0.15, 0.2) is 5.69 Å². The average molecular weight is 256 g/mol. The van der Waals surface area contributed by atoms with Crippen molar-refractivity contribution >= 4 is 17.5 Å². The van der Waals surface area contributed by atoms with Crippen molar-refractivity contribution in [1.82, 2.24) is 14.9 Å². The molecular weight excluding hydrogens is 242 g/mol. The number of nitrogens with zero attached hydrogens (tertiary/aromatic N) is 3. The zero-order valence-electron chi connectivity index (χ0n) is 9.72. The van der Waals surface area contributed by atoms with E-state index >= 15 is 0 Å². The molecule has 1 aliphatic rings. The number of hydrogen-bond donors (Lipinski definition) is 1. The number of aromatic nitrogens is 2. The SMILES string of the molecule is CC(C)c1ncc(Cl)c(C(=O)N2CC(O)C2)n1. The maximum atomic E-state index is 12.0. The molecule has 1 aromatic heterocycles. The van der Waals surface area contributed by atoms with E-state index in [0.29, 0.717) is 18.9 Å². The van der Waals surface area contributed by atoms with E-state index in [-0.39, 0.29) is 22.5 Å². The van der Waals surface area contributed by atoms with Gasteiger partial charge in [-0.25, -0.2) is 9.97 Å². The van der Waals surface area contributed by atoms with E-state index in [2.05, 4.69) is 9.97 Å². The van der Waals surface area contributed by atoms with Crippen molar-refractivity contribution in [1.29, 1.82) is 0 Å². The second-order valence-electron chi connectivity index (χ2n) is 4.44. The number of carbonyl (C=O) groups is 1. The molecule has 2 rings (SSSR count). The Bertz CT molecular complexity index is 444. The summed E-state index contributed by atoms with van der Waals surface area (Å²) in [5, 5.41) is 9.42. The van der Waals surface area contributed by atoms with Crippen LogP contribution in [0.4, 0.5) is 0 Å².